The third-order valence-electron chi connectivity index (χ3n) is 3.91. The normalized spacial score (nSPS) is 11.1. The van der Waals surface area contributed by atoms with E-state index in [0.717, 1.165) is 16.8 Å². The number of hydrogen-bond acceptors (Lipinski definition) is 4. The molecule has 0 atom stereocenters. The lowest BCUT2D eigenvalue weighted by Gasteiger charge is -2.09. The van der Waals surface area contributed by atoms with Crippen molar-refractivity contribution in [1.82, 2.24) is 4.57 Å². The number of nitro groups is 1. The minimum absolute atomic E-state index is 0.0152. The third kappa shape index (κ3) is 4.31. The van der Waals surface area contributed by atoms with Gasteiger partial charge in [0.25, 0.3) is 5.69 Å². The van der Waals surface area contributed by atoms with Crippen LogP contribution in [0.3, 0.4) is 0 Å². The SMILES string of the molecule is NC(N)=N/N=C/C=C/c1cccn1-c1ccc(-c2ccccc2)cc1[N+](=O)[O-]. The van der Waals surface area contributed by atoms with E-state index < -0.39 is 0 Å². The Balaban J connectivity index is 1.97. The van der Waals surface area contributed by atoms with E-state index in [1.807, 2.05) is 48.5 Å². The molecule has 0 aliphatic rings. The molecule has 0 amide bonds. The number of nitro benzene ring substituents is 1. The Morgan fingerprint density at radius 1 is 1.04 bits per heavy atom. The molecule has 0 unspecified atom stereocenters. The maximum atomic E-state index is 11.7. The molecule has 0 aliphatic carbocycles. The number of rotatable bonds is 6. The zero-order chi connectivity index (χ0) is 19.9. The molecular weight excluding hydrogens is 356 g/mol. The average Bonchev–Trinajstić information content (AvgIpc) is 3.16. The smallest absolute Gasteiger partial charge is 0.293 e. The van der Waals surface area contributed by atoms with Gasteiger partial charge >= 0.3 is 0 Å². The van der Waals surface area contributed by atoms with Crippen LogP contribution in [0.15, 0.2) is 83.1 Å². The van der Waals surface area contributed by atoms with Crippen molar-refractivity contribution < 1.29 is 4.92 Å². The fraction of sp³-hybridized carbons (Fsp3) is 0. The van der Waals surface area contributed by atoms with Gasteiger partial charge in [0.05, 0.1) is 4.92 Å². The molecule has 8 nitrogen and oxygen atoms in total. The number of nitrogens with zero attached hydrogens (tertiary/aromatic N) is 4. The minimum atomic E-state index is -0.379. The lowest BCUT2D eigenvalue weighted by Crippen LogP contribution is -2.21. The Hall–Kier alpha value is -4.20. The summed E-state index contributed by atoms with van der Waals surface area (Å²) in [6.07, 6.45) is 6.57. The van der Waals surface area contributed by atoms with Gasteiger partial charge in [-0.1, -0.05) is 36.4 Å². The van der Waals surface area contributed by atoms with Crippen LogP contribution in [-0.4, -0.2) is 21.7 Å². The standard InChI is InChI=1S/C20H18N6O2/c21-20(22)24-23-12-4-8-17-9-5-13-25(17)18-11-10-16(14-19(18)26(27)28)15-6-2-1-3-7-15/h1-14H,(H4,21,22,24)/b8-4+,23-12+. The monoisotopic (exact) mass is 374 g/mol. The number of guanidine groups is 1. The van der Waals surface area contributed by atoms with E-state index in [-0.39, 0.29) is 16.6 Å². The highest BCUT2D eigenvalue weighted by molar-refractivity contribution is 5.80. The van der Waals surface area contributed by atoms with E-state index in [2.05, 4.69) is 10.2 Å². The summed E-state index contributed by atoms with van der Waals surface area (Å²) in [6, 6.07) is 18.4. The average molecular weight is 374 g/mol. The molecule has 4 N–H and O–H groups in total. The molecule has 2 aromatic carbocycles. The Kier molecular flexibility index (Phi) is 5.61. The van der Waals surface area contributed by atoms with Crippen molar-refractivity contribution >= 4 is 23.9 Å². The lowest BCUT2D eigenvalue weighted by molar-refractivity contribution is -0.384. The van der Waals surface area contributed by atoms with Crippen LogP contribution in [0.25, 0.3) is 22.9 Å². The van der Waals surface area contributed by atoms with E-state index in [1.165, 1.54) is 6.21 Å². The predicted molar refractivity (Wildman–Crippen MR) is 111 cm³/mol. The first-order valence-corrected chi connectivity index (χ1v) is 8.36. The van der Waals surface area contributed by atoms with Crippen LogP contribution < -0.4 is 11.5 Å². The van der Waals surface area contributed by atoms with Gasteiger partial charge in [0.2, 0.25) is 5.96 Å². The van der Waals surface area contributed by atoms with Crippen LogP contribution in [-0.2, 0) is 0 Å². The molecule has 140 valence electrons. The Bertz CT molecular complexity index is 1060. The van der Waals surface area contributed by atoms with Gasteiger partial charge < -0.3 is 16.0 Å². The number of aromatic nitrogens is 1. The van der Waals surface area contributed by atoms with Crippen molar-refractivity contribution in [2.75, 3.05) is 0 Å². The summed E-state index contributed by atoms with van der Waals surface area (Å²) < 4.78 is 1.73. The molecule has 0 fully saturated rings. The molecule has 0 saturated carbocycles. The topological polar surface area (TPSA) is 125 Å². The fourth-order valence-electron chi connectivity index (χ4n) is 2.71. The Morgan fingerprint density at radius 3 is 2.54 bits per heavy atom. The number of benzene rings is 2. The second kappa shape index (κ2) is 8.45. The van der Waals surface area contributed by atoms with E-state index >= 15 is 0 Å². The maximum absolute atomic E-state index is 11.7. The van der Waals surface area contributed by atoms with Gasteiger partial charge in [-0.05, 0) is 41.5 Å². The van der Waals surface area contributed by atoms with E-state index in [1.54, 1.807) is 35.0 Å². The van der Waals surface area contributed by atoms with E-state index in [4.69, 9.17) is 11.5 Å². The van der Waals surface area contributed by atoms with Gasteiger partial charge in [0.1, 0.15) is 5.69 Å². The molecule has 0 saturated heterocycles. The number of hydrogen-bond donors (Lipinski definition) is 2. The summed E-state index contributed by atoms with van der Waals surface area (Å²) in [6.45, 7) is 0. The van der Waals surface area contributed by atoms with Crippen LogP contribution >= 0.6 is 0 Å². The quantitative estimate of drug-likeness (QED) is 0.297. The Labute approximate surface area is 161 Å². The molecular formula is C20H18N6O2. The van der Waals surface area contributed by atoms with Crippen LogP contribution in [0.4, 0.5) is 5.69 Å². The second-order valence-electron chi connectivity index (χ2n) is 5.78. The zero-order valence-corrected chi connectivity index (χ0v) is 14.8. The van der Waals surface area contributed by atoms with Gasteiger partial charge in [-0.3, -0.25) is 10.1 Å². The van der Waals surface area contributed by atoms with Gasteiger partial charge in [-0.15, -0.1) is 5.10 Å². The highest BCUT2D eigenvalue weighted by atomic mass is 16.6. The first-order valence-electron chi connectivity index (χ1n) is 8.36. The fourth-order valence-corrected chi connectivity index (χ4v) is 2.71. The van der Waals surface area contributed by atoms with Gasteiger partial charge in [-0.2, -0.15) is 5.10 Å². The minimum Gasteiger partial charge on any atom is -0.369 e. The molecule has 0 radical (unpaired) electrons. The van der Waals surface area contributed by atoms with Gasteiger partial charge in [-0.25, -0.2) is 0 Å². The molecule has 0 spiro atoms. The predicted octanol–water partition coefficient (Wildman–Crippen LogP) is 3.32. The number of allylic oxidation sites excluding steroid dienone is 1. The molecule has 0 bridgehead atoms. The third-order valence-corrected chi connectivity index (χ3v) is 3.91. The molecule has 28 heavy (non-hydrogen) atoms. The largest absolute Gasteiger partial charge is 0.369 e. The first-order chi connectivity index (χ1) is 13.6. The highest BCUT2D eigenvalue weighted by Crippen LogP contribution is 2.30. The molecule has 3 aromatic rings. The molecule has 1 aromatic heterocycles. The second-order valence-corrected chi connectivity index (χ2v) is 5.78. The zero-order valence-electron chi connectivity index (χ0n) is 14.8. The molecule has 3 rings (SSSR count). The lowest BCUT2D eigenvalue weighted by atomic mass is 10.0. The van der Waals surface area contributed by atoms with Crippen LogP contribution in [0, 0.1) is 10.1 Å². The Morgan fingerprint density at radius 2 is 1.82 bits per heavy atom. The molecule has 0 aliphatic heterocycles. The van der Waals surface area contributed by atoms with Crippen molar-refractivity contribution in [3.05, 3.63) is 88.7 Å². The summed E-state index contributed by atoms with van der Waals surface area (Å²) in [5.41, 5.74) is 13.3. The summed E-state index contributed by atoms with van der Waals surface area (Å²) in [5.74, 6) is -0.137. The van der Waals surface area contributed by atoms with Gasteiger partial charge in [0.15, 0.2) is 0 Å². The van der Waals surface area contributed by atoms with E-state index in [0.29, 0.717) is 5.69 Å². The van der Waals surface area contributed by atoms with Crippen LogP contribution in [0.1, 0.15) is 5.69 Å². The van der Waals surface area contributed by atoms with Crippen molar-refractivity contribution in [3.8, 4) is 16.8 Å². The van der Waals surface area contributed by atoms with Gasteiger partial charge in [0, 0.05) is 24.2 Å². The molecule has 8 heteroatoms. The molecule has 1 heterocycles. The first kappa shape index (κ1) is 18.6. The van der Waals surface area contributed by atoms with E-state index in [9.17, 15) is 10.1 Å². The summed E-state index contributed by atoms with van der Waals surface area (Å²) in [4.78, 5) is 11.3. The summed E-state index contributed by atoms with van der Waals surface area (Å²) >= 11 is 0. The van der Waals surface area contributed by atoms with Crippen molar-refractivity contribution in [2.24, 2.45) is 21.7 Å². The van der Waals surface area contributed by atoms with Crippen molar-refractivity contribution in [2.45, 2.75) is 0 Å². The summed E-state index contributed by atoms with van der Waals surface area (Å²) in [7, 11) is 0. The van der Waals surface area contributed by atoms with Crippen molar-refractivity contribution in [3.63, 3.8) is 0 Å². The van der Waals surface area contributed by atoms with Crippen LogP contribution in [0.5, 0.6) is 0 Å². The highest BCUT2D eigenvalue weighted by Gasteiger charge is 2.17. The van der Waals surface area contributed by atoms with Crippen molar-refractivity contribution in [1.29, 1.82) is 0 Å². The number of nitrogens with two attached hydrogens (primary N) is 2. The van der Waals surface area contributed by atoms with Crippen LogP contribution in [0.2, 0.25) is 0 Å². The maximum Gasteiger partial charge on any atom is 0.293 e. The summed E-state index contributed by atoms with van der Waals surface area (Å²) in [5, 5.41) is 18.9.